The molecule has 0 spiro atoms. The summed E-state index contributed by atoms with van der Waals surface area (Å²) < 4.78 is 5.80. The van der Waals surface area contributed by atoms with E-state index in [1.54, 1.807) is 30.3 Å². The summed E-state index contributed by atoms with van der Waals surface area (Å²) >= 11 is 11.8. The van der Waals surface area contributed by atoms with Crippen LogP contribution in [0.25, 0.3) is 0 Å². The number of halogens is 2. The predicted molar refractivity (Wildman–Crippen MR) is 106 cm³/mol. The van der Waals surface area contributed by atoms with E-state index in [0.29, 0.717) is 40.3 Å². The van der Waals surface area contributed by atoms with E-state index in [0.717, 1.165) is 0 Å². The second-order valence-corrected chi connectivity index (χ2v) is 6.94. The molecule has 2 rings (SSSR count). The second-order valence-electron chi connectivity index (χ2n) is 6.09. The first-order valence-corrected chi connectivity index (χ1v) is 9.16. The predicted octanol–water partition coefficient (Wildman–Crippen LogP) is 3.89. The summed E-state index contributed by atoms with van der Waals surface area (Å²) in [7, 11) is 0. The van der Waals surface area contributed by atoms with Gasteiger partial charge < -0.3 is 15.4 Å². The maximum absolute atomic E-state index is 12.5. The number of hydrogen-bond donors (Lipinski definition) is 2. The molecule has 1 aromatic carbocycles. The van der Waals surface area contributed by atoms with Crippen molar-refractivity contribution in [2.45, 2.75) is 20.0 Å². The Kier molecular flexibility index (Phi) is 7.71. The fraction of sp³-hybridized carbons (Fsp3) is 0.316. The number of amides is 1. The fourth-order valence-electron chi connectivity index (χ4n) is 2.30. The van der Waals surface area contributed by atoms with Crippen LogP contribution in [0.2, 0.25) is 10.0 Å². The Bertz CT molecular complexity index is 837. The molecule has 2 N–H and O–H groups in total. The number of carbonyl (C=O) groups is 1. The first-order valence-electron chi connectivity index (χ1n) is 8.40. The molecule has 0 aliphatic carbocycles. The van der Waals surface area contributed by atoms with Gasteiger partial charge in [0.25, 0.3) is 5.91 Å². The number of hydrogen-bond acceptors (Lipinski definition) is 5. The Morgan fingerprint density at radius 3 is 2.70 bits per heavy atom. The Balaban J connectivity index is 1.90. The SMILES string of the molecule is CC(C)C(Oc1ccccc1C#N)C(=O)NCCNc1ncc(Cl)cc1Cl. The molecule has 1 amide bonds. The van der Waals surface area contributed by atoms with Gasteiger partial charge in [-0.1, -0.05) is 49.2 Å². The molecule has 1 unspecified atom stereocenters. The maximum atomic E-state index is 12.5. The van der Waals surface area contributed by atoms with E-state index < -0.39 is 6.10 Å². The highest BCUT2D eigenvalue weighted by Gasteiger charge is 2.24. The molecule has 27 heavy (non-hydrogen) atoms. The van der Waals surface area contributed by atoms with E-state index in [2.05, 4.69) is 21.7 Å². The van der Waals surface area contributed by atoms with Gasteiger partial charge in [-0.3, -0.25) is 4.79 Å². The summed E-state index contributed by atoms with van der Waals surface area (Å²) in [6.45, 7) is 4.55. The number of nitrogens with one attached hydrogen (secondary N) is 2. The summed E-state index contributed by atoms with van der Waals surface area (Å²) in [5.41, 5.74) is 0.390. The van der Waals surface area contributed by atoms with Crippen molar-refractivity contribution >= 4 is 34.9 Å². The highest BCUT2D eigenvalue weighted by Crippen LogP contribution is 2.22. The molecule has 6 nitrogen and oxygen atoms in total. The number of benzene rings is 1. The molecule has 142 valence electrons. The van der Waals surface area contributed by atoms with Gasteiger partial charge in [-0.15, -0.1) is 0 Å². The zero-order chi connectivity index (χ0) is 19.8. The van der Waals surface area contributed by atoms with Crippen molar-refractivity contribution in [1.82, 2.24) is 10.3 Å². The minimum absolute atomic E-state index is 0.0721. The van der Waals surface area contributed by atoms with Crippen LogP contribution in [0.4, 0.5) is 5.82 Å². The number of anilines is 1. The Morgan fingerprint density at radius 1 is 1.30 bits per heavy atom. The van der Waals surface area contributed by atoms with Crippen LogP contribution in [0.15, 0.2) is 36.5 Å². The van der Waals surface area contributed by atoms with E-state index in [-0.39, 0.29) is 11.8 Å². The molecule has 8 heteroatoms. The van der Waals surface area contributed by atoms with Gasteiger partial charge in [0.05, 0.1) is 15.6 Å². The number of para-hydroxylation sites is 1. The zero-order valence-electron chi connectivity index (χ0n) is 15.0. The molecule has 0 radical (unpaired) electrons. The molecule has 1 atom stereocenters. The monoisotopic (exact) mass is 406 g/mol. The lowest BCUT2D eigenvalue weighted by atomic mass is 10.1. The van der Waals surface area contributed by atoms with Crippen molar-refractivity contribution in [3.05, 3.63) is 52.1 Å². The van der Waals surface area contributed by atoms with Crippen LogP contribution in [0.3, 0.4) is 0 Å². The standard InChI is InChI=1S/C19H20Cl2N4O2/c1-12(2)17(27-16-6-4-3-5-13(16)10-22)19(26)24-8-7-23-18-15(21)9-14(20)11-25-18/h3-6,9,11-12,17H,7-8H2,1-2H3,(H,23,25)(H,24,26). The third kappa shape index (κ3) is 6.02. The van der Waals surface area contributed by atoms with Crippen molar-refractivity contribution in [3.63, 3.8) is 0 Å². The number of pyridine rings is 1. The summed E-state index contributed by atoms with van der Waals surface area (Å²) in [5.74, 6) is 0.561. The van der Waals surface area contributed by atoms with Crippen molar-refractivity contribution in [2.75, 3.05) is 18.4 Å². The quantitative estimate of drug-likeness (QED) is 0.649. The number of carbonyl (C=O) groups excluding carboxylic acids is 1. The molecule has 0 saturated carbocycles. The maximum Gasteiger partial charge on any atom is 0.261 e. The zero-order valence-corrected chi connectivity index (χ0v) is 16.5. The number of rotatable bonds is 8. The van der Waals surface area contributed by atoms with Gasteiger partial charge in [-0.2, -0.15) is 5.26 Å². The lowest BCUT2D eigenvalue weighted by molar-refractivity contribution is -0.129. The third-order valence-electron chi connectivity index (χ3n) is 3.65. The number of aromatic nitrogens is 1. The molecule has 0 saturated heterocycles. The Labute approximate surface area is 168 Å². The van der Waals surface area contributed by atoms with Crippen LogP contribution in [-0.2, 0) is 4.79 Å². The van der Waals surface area contributed by atoms with Crippen LogP contribution < -0.4 is 15.4 Å². The van der Waals surface area contributed by atoms with Crippen LogP contribution >= 0.6 is 23.2 Å². The van der Waals surface area contributed by atoms with E-state index in [9.17, 15) is 4.79 Å². The summed E-state index contributed by atoms with van der Waals surface area (Å²) in [6, 6.07) is 10.5. The van der Waals surface area contributed by atoms with Gasteiger partial charge in [0.2, 0.25) is 0 Å². The number of ether oxygens (including phenoxy) is 1. The largest absolute Gasteiger partial charge is 0.479 e. The molecular formula is C19H20Cl2N4O2. The smallest absolute Gasteiger partial charge is 0.261 e. The first kappa shape index (κ1) is 20.8. The molecule has 1 heterocycles. The summed E-state index contributed by atoms with van der Waals surface area (Å²) in [4.78, 5) is 16.6. The van der Waals surface area contributed by atoms with Crippen molar-refractivity contribution < 1.29 is 9.53 Å². The molecule has 2 aromatic rings. The summed E-state index contributed by atoms with van der Waals surface area (Å²) in [6.07, 6.45) is 0.778. The molecule has 0 bridgehead atoms. The topological polar surface area (TPSA) is 87.0 Å². The van der Waals surface area contributed by atoms with Crippen LogP contribution in [-0.4, -0.2) is 30.1 Å². The summed E-state index contributed by atoms with van der Waals surface area (Å²) in [5, 5.41) is 15.9. The van der Waals surface area contributed by atoms with Gasteiger partial charge in [-0.25, -0.2) is 4.98 Å². The van der Waals surface area contributed by atoms with Crippen LogP contribution in [0, 0.1) is 17.2 Å². The van der Waals surface area contributed by atoms with Gasteiger partial charge in [0, 0.05) is 19.3 Å². The van der Waals surface area contributed by atoms with Gasteiger partial charge >= 0.3 is 0 Å². The van der Waals surface area contributed by atoms with E-state index in [1.165, 1.54) is 6.20 Å². The van der Waals surface area contributed by atoms with Gasteiger partial charge in [0.15, 0.2) is 6.10 Å². The van der Waals surface area contributed by atoms with Crippen molar-refractivity contribution in [3.8, 4) is 11.8 Å². The third-order valence-corrected chi connectivity index (χ3v) is 4.14. The molecule has 0 aliphatic rings. The van der Waals surface area contributed by atoms with Crippen molar-refractivity contribution in [1.29, 1.82) is 5.26 Å². The average Bonchev–Trinajstić information content (AvgIpc) is 2.64. The first-order chi connectivity index (χ1) is 12.9. The normalized spacial score (nSPS) is 11.6. The Morgan fingerprint density at radius 2 is 2.04 bits per heavy atom. The molecule has 0 fully saturated rings. The lowest BCUT2D eigenvalue weighted by Crippen LogP contribution is -2.43. The number of nitrogens with zero attached hydrogens (tertiary/aromatic N) is 2. The van der Waals surface area contributed by atoms with Crippen LogP contribution in [0.5, 0.6) is 5.75 Å². The minimum atomic E-state index is -0.711. The fourth-order valence-corrected chi connectivity index (χ4v) is 2.75. The Hall–Kier alpha value is -2.49. The van der Waals surface area contributed by atoms with Crippen LogP contribution in [0.1, 0.15) is 19.4 Å². The van der Waals surface area contributed by atoms with E-state index in [4.69, 9.17) is 33.2 Å². The van der Waals surface area contributed by atoms with Gasteiger partial charge in [-0.05, 0) is 24.1 Å². The lowest BCUT2D eigenvalue weighted by Gasteiger charge is -2.22. The van der Waals surface area contributed by atoms with E-state index >= 15 is 0 Å². The molecular weight excluding hydrogens is 387 g/mol. The minimum Gasteiger partial charge on any atom is -0.479 e. The highest BCUT2D eigenvalue weighted by atomic mass is 35.5. The number of nitriles is 1. The second kappa shape index (κ2) is 10.0. The van der Waals surface area contributed by atoms with Gasteiger partial charge in [0.1, 0.15) is 17.6 Å². The average molecular weight is 407 g/mol. The van der Waals surface area contributed by atoms with Crippen molar-refractivity contribution in [2.24, 2.45) is 5.92 Å². The van der Waals surface area contributed by atoms with E-state index in [1.807, 2.05) is 13.8 Å². The molecule has 0 aliphatic heterocycles. The highest BCUT2D eigenvalue weighted by molar-refractivity contribution is 6.35. The molecule has 1 aromatic heterocycles.